The first-order valence-corrected chi connectivity index (χ1v) is 10.6. The SMILES string of the molecule is Cc1ccc(C2(c3ccc(C(F)(F)F)cc3)c3ccc(Cl)nc3-c3nc(Cl)ccc32)cc1. The summed E-state index contributed by atoms with van der Waals surface area (Å²) >= 11 is 12.4. The van der Waals surface area contributed by atoms with Crippen LogP contribution in [0.25, 0.3) is 11.4 Å². The molecule has 2 aromatic carbocycles. The lowest BCUT2D eigenvalue weighted by molar-refractivity contribution is -0.137. The second kappa shape index (κ2) is 7.32. The average molecular weight is 471 g/mol. The molecule has 160 valence electrons. The summed E-state index contributed by atoms with van der Waals surface area (Å²) in [5, 5.41) is 0.590. The van der Waals surface area contributed by atoms with E-state index in [1.54, 1.807) is 12.1 Å². The zero-order valence-electron chi connectivity index (χ0n) is 16.7. The molecule has 32 heavy (non-hydrogen) atoms. The summed E-state index contributed by atoms with van der Waals surface area (Å²) in [6.45, 7) is 1.98. The molecule has 1 aliphatic rings. The van der Waals surface area contributed by atoms with Gasteiger partial charge in [-0.3, -0.25) is 0 Å². The minimum Gasteiger partial charge on any atom is -0.234 e. The van der Waals surface area contributed by atoms with Gasteiger partial charge in [0.2, 0.25) is 0 Å². The van der Waals surface area contributed by atoms with Crippen molar-refractivity contribution in [3.05, 3.63) is 116 Å². The molecule has 0 saturated carbocycles. The van der Waals surface area contributed by atoms with Crippen LogP contribution in [0.4, 0.5) is 13.2 Å². The number of nitrogens with zero attached hydrogens (tertiary/aromatic N) is 2. The molecule has 2 aromatic heterocycles. The topological polar surface area (TPSA) is 25.8 Å². The molecule has 1 aliphatic carbocycles. The van der Waals surface area contributed by atoms with Crippen molar-refractivity contribution in [2.45, 2.75) is 18.5 Å². The summed E-state index contributed by atoms with van der Waals surface area (Å²) in [4.78, 5) is 9.04. The lowest BCUT2D eigenvalue weighted by Crippen LogP contribution is -2.29. The summed E-state index contributed by atoms with van der Waals surface area (Å²) in [6, 6.07) is 20.2. The zero-order chi connectivity index (χ0) is 22.7. The Bertz CT molecular complexity index is 1280. The van der Waals surface area contributed by atoms with Crippen LogP contribution in [0.15, 0.2) is 72.8 Å². The molecule has 0 amide bonds. The van der Waals surface area contributed by atoms with Gasteiger partial charge < -0.3 is 0 Å². The first kappa shape index (κ1) is 21.0. The molecule has 5 rings (SSSR count). The largest absolute Gasteiger partial charge is 0.416 e. The van der Waals surface area contributed by atoms with Gasteiger partial charge in [0.1, 0.15) is 10.3 Å². The van der Waals surface area contributed by atoms with Crippen LogP contribution in [0.3, 0.4) is 0 Å². The number of fused-ring (bicyclic) bond motifs is 3. The Balaban J connectivity index is 1.89. The summed E-state index contributed by atoms with van der Waals surface area (Å²) < 4.78 is 39.8. The predicted molar refractivity (Wildman–Crippen MR) is 119 cm³/mol. The second-order valence-electron chi connectivity index (χ2n) is 7.75. The van der Waals surface area contributed by atoms with E-state index in [9.17, 15) is 13.2 Å². The standard InChI is InChI=1S/C25H15Cl2F3N2/c1-14-2-4-15(5-3-14)24(16-6-8-17(9-7-16)25(28,29)30)18-10-12-20(26)31-22(18)23-19(24)11-13-21(27)32-23/h2-13H,1H3. The minimum atomic E-state index is -4.43. The van der Waals surface area contributed by atoms with Crippen molar-refractivity contribution in [2.75, 3.05) is 0 Å². The maximum Gasteiger partial charge on any atom is 0.416 e. The summed E-state index contributed by atoms with van der Waals surface area (Å²) in [5.41, 5.74) is 3.70. The third-order valence-corrected chi connectivity index (χ3v) is 6.31. The van der Waals surface area contributed by atoms with E-state index in [0.717, 1.165) is 34.4 Å². The van der Waals surface area contributed by atoms with Gasteiger partial charge in [-0.2, -0.15) is 13.2 Å². The van der Waals surface area contributed by atoms with Gasteiger partial charge in [0.05, 0.1) is 22.4 Å². The van der Waals surface area contributed by atoms with Gasteiger partial charge in [-0.1, -0.05) is 77.3 Å². The number of alkyl halides is 3. The third-order valence-electron chi connectivity index (χ3n) is 5.88. The molecular weight excluding hydrogens is 456 g/mol. The maximum absolute atomic E-state index is 13.3. The average Bonchev–Trinajstić information content (AvgIpc) is 3.03. The molecule has 0 saturated heterocycles. The van der Waals surface area contributed by atoms with Crippen molar-refractivity contribution in [1.29, 1.82) is 0 Å². The minimum absolute atomic E-state index is 0.295. The molecule has 4 aromatic rings. The number of rotatable bonds is 2. The fraction of sp³-hybridized carbons (Fsp3) is 0.120. The predicted octanol–water partition coefficient (Wildman–Crippen LogP) is 7.47. The highest BCUT2D eigenvalue weighted by Gasteiger charge is 2.48. The van der Waals surface area contributed by atoms with E-state index in [0.29, 0.717) is 27.3 Å². The van der Waals surface area contributed by atoms with Crippen LogP contribution >= 0.6 is 23.2 Å². The zero-order valence-corrected chi connectivity index (χ0v) is 18.2. The molecule has 0 aliphatic heterocycles. The third kappa shape index (κ3) is 3.11. The number of benzene rings is 2. The smallest absolute Gasteiger partial charge is 0.234 e. The summed E-state index contributed by atoms with van der Waals surface area (Å²) in [5.74, 6) is 0. The molecule has 0 spiro atoms. The van der Waals surface area contributed by atoms with Crippen LogP contribution in [-0.2, 0) is 11.6 Å². The van der Waals surface area contributed by atoms with Crippen LogP contribution < -0.4 is 0 Å². The Hall–Kier alpha value is -2.89. The van der Waals surface area contributed by atoms with Crippen molar-refractivity contribution in [3.63, 3.8) is 0 Å². The first-order chi connectivity index (χ1) is 15.2. The van der Waals surface area contributed by atoms with Gasteiger partial charge >= 0.3 is 6.18 Å². The molecular formula is C25H15Cl2F3N2. The fourth-order valence-electron chi connectivity index (χ4n) is 4.48. The quantitative estimate of drug-likeness (QED) is 0.250. The number of aryl methyl sites for hydroxylation is 1. The second-order valence-corrected chi connectivity index (χ2v) is 8.53. The Morgan fingerprint density at radius 1 is 0.656 bits per heavy atom. The lowest BCUT2D eigenvalue weighted by Gasteiger charge is -2.33. The molecule has 0 bridgehead atoms. The van der Waals surface area contributed by atoms with Crippen LogP contribution in [0, 0.1) is 6.92 Å². The summed E-state index contributed by atoms with van der Waals surface area (Å²) in [6.07, 6.45) is -4.43. The maximum atomic E-state index is 13.3. The molecule has 0 radical (unpaired) electrons. The van der Waals surface area contributed by atoms with Gasteiger partial charge in [0.25, 0.3) is 0 Å². The van der Waals surface area contributed by atoms with E-state index < -0.39 is 17.2 Å². The number of pyridine rings is 2. The van der Waals surface area contributed by atoms with Gasteiger partial charge in [-0.05, 0) is 53.4 Å². The lowest BCUT2D eigenvalue weighted by atomic mass is 9.68. The molecule has 2 heterocycles. The number of halogens is 5. The fourth-order valence-corrected chi connectivity index (χ4v) is 4.78. The van der Waals surface area contributed by atoms with E-state index in [1.165, 1.54) is 12.1 Å². The van der Waals surface area contributed by atoms with Crippen molar-refractivity contribution in [2.24, 2.45) is 0 Å². The molecule has 0 N–H and O–H groups in total. The molecule has 0 unspecified atom stereocenters. The van der Waals surface area contributed by atoms with Gasteiger partial charge in [0.15, 0.2) is 0 Å². The highest BCUT2D eigenvalue weighted by molar-refractivity contribution is 6.30. The van der Waals surface area contributed by atoms with Crippen molar-refractivity contribution in [3.8, 4) is 11.4 Å². The van der Waals surface area contributed by atoms with Gasteiger partial charge in [-0.25, -0.2) is 9.97 Å². The van der Waals surface area contributed by atoms with E-state index in [-0.39, 0.29) is 0 Å². The van der Waals surface area contributed by atoms with Crippen LogP contribution in [0.2, 0.25) is 10.3 Å². The molecule has 7 heteroatoms. The number of aromatic nitrogens is 2. The highest BCUT2D eigenvalue weighted by Crippen LogP contribution is 2.55. The normalized spacial score (nSPS) is 14.2. The van der Waals surface area contributed by atoms with Crippen LogP contribution in [0.5, 0.6) is 0 Å². The highest BCUT2D eigenvalue weighted by atomic mass is 35.5. The molecule has 0 fully saturated rings. The Kier molecular flexibility index (Phi) is 4.80. The molecule has 2 nitrogen and oxygen atoms in total. The van der Waals surface area contributed by atoms with Gasteiger partial charge in [-0.15, -0.1) is 0 Å². The van der Waals surface area contributed by atoms with E-state index in [2.05, 4.69) is 9.97 Å². The van der Waals surface area contributed by atoms with Gasteiger partial charge in [0, 0.05) is 0 Å². The van der Waals surface area contributed by atoms with Crippen molar-refractivity contribution >= 4 is 23.2 Å². The summed E-state index contributed by atoms with van der Waals surface area (Å²) in [7, 11) is 0. The van der Waals surface area contributed by atoms with E-state index >= 15 is 0 Å². The first-order valence-electron chi connectivity index (χ1n) is 9.80. The number of hydrogen-bond donors (Lipinski definition) is 0. The Labute approximate surface area is 192 Å². The Morgan fingerprint density at radius 2 is 1.09 bits per heavy atom. The van der Waals surface area contributed by atoms with Crippen molar-refractivity contribution in [1.82, 2.24) is 9.97 Å². The van der Waals surface area contributed by atoms with Crippen LogP contribution in [-0.4, -0.2) is 9.97 Å². The molecule has 0 atom stereocenters. The van der Waals surface area contributed by atoms with Crippen LogP contribution in [0.1, 0.15) is 33.4 Å². The monoisotopic (exact) mass is 470 g/mol. The number of hydrogen-bond acceptors (Lipinski definition) is 2. The van der Waals surface area contributed by atoms with E-state index in [4.69, 9.17) is 23.2 Å². The van der Waals surface area contributed by atoms with Crippen molar-refractivity contribution < 1.29 is 13.2 Å². The van der Waals surface area contributed by atoms with E-state index in [1.807, 2.05) is 43.3 Å². The Morgan fingerprint density at radius 3 is 1.53 bits per heavy atom.